The Morgan fingerprint density at radius 1 is 0.750 bits per heavy atom. The van der Waals surface area contributed by atoms with Crippen molar-refractivity contribution in [3.8, 4) is 0 Å². The maximum Gasteiger partial charge on any atom is 0.309 e. The second-order valence-corrected chi connectivity index (χ2v) is 10.6. The highest BCUT2D eigenvalue weighted by Crippen LogP contribution is 2.38. The molecular weight excluding hydrogens is 404 g/mol. The second kappa shape index (κ2) is 11.2. The fourth-order valence-electron chi connectivity index (χ4n) is 6.88. The standard InChI is InChI=1S/C26H42N2O4/c1-2-32-26(31)25(19-11-15-27(16-12-19)21-3-7-23(29)8-4-21)20-13-17-28(18-14-20)22-5-9-24(30)10-6-22/h19-22,25H,2-18H2,1H3. The smallest absolute Gasteiger partial charge is 0.309 e. The topological polar surface area (TPSA) is 66.9 Å². The Hall–Kier alpha value is -1.27. The molecule has 0 aromatic carbocycles. The van der Waals surface area contributed by atoms with Gasteiger partial charge < -0.3 is 14.5 Å². The zero-order valence-corrected chi connectivity index (χ0v) is 19.9. The highest BCUT2D eigenvalue weighted by atomic mass is 16.5. The zero-order chi connectivity index (χ0) is 22.5. The first-order valence-electron chi connectivity index (χ1n) is 13.2. The monoisotopic (exact) mass is 446 g/mol. The summed E-state index contributed by atoms with van der Waals surface area (Å²) in [6, 6.07) is 1.11. The molecule has 0 aromatic rings. The number of piperidine rings is 2. The van der Waals surface area contributed by atoms with Gasteiger partial charge in [0.05, 0.1) is 12.5 Å². The number of rotatable bonds is 6. The van der Waals surface area contributed by atoms with Gasteiger partial charge in [-0.2, -0.15) is 0 Å². The van der Waals surface area contributed by atoms with Gasteiger partial charge in [-0.1, -0.05) is 0 Å². The minimum absolute atomic E-state index is 0.0240. The van der Waals surface area contributed by atoms with Crippen LogP contribution in [0.15, 0.2) is 0 Å². The van der Waals surface area contributed by atoms with E-state index in [1.54, 1.807) is 0 Å². The number of Topliss-reactive ketones (excluding diaryl/α,β-unsaturated/α-hetero) is 2. The molecule has 0 amide bonds. The van der Waals surface area contributed by atoms with Crippen LogP contribution in [0.5, 0.6) is 0 Å². The third kappa shape index (κ3) is 5.80. The lowest BCUT2D eigenvalue weighted by molar-refractivity contribution is -0.154. The predicted molar refractivity (Wildman–Crippen MR) is 123 cm³/mol. The number of ketones is 2. The Labute approximate surface area is 193 Å². The Morgan fingerprint density at radius 3 is 1.47 bits per heavy atom. The van der Waals surface area contributed by atoms with Crippen molar-refractivity contribution in [1.29, 1.82) is 0 Å². The number of carbonyl (C=O) groups is 3. The summed E-state index contributed by atoms with van der Waals surface area (Å²) in [4.78, 5) is 41.4. The summed E-state index contributed by atoms with van der Waals surface area (Å²) in [5, 5.41) is 0. The van der Waals surface area contributed by atoms with E-state index in [0.717, 1.165) is 103 Å². The summed E-state index contributed by atoms with van der Waals surface area (Å²) < 4.78 is 5.58. The van der Waals surface area contributed by atoms with Crippen molar-refractivity contribution >= 4 is 17.5 Å². The molecule has 0 atom stereocenters. The fraction of sp³-hybridized carbons (Fsp3) is 0.885. The van der Waals surface area contributed by atoms with E-state index in [9.17, 15) is 14.4 Å². The van der Waals surface area contributed by atoms with Crippen molar-refractivity contribution in [2.75, 3.05) is 32.8 Å². The molecule has 2 saturated carbocycles. The van der Waals surface area contributed by atoms with E-state index in [2.05, 4.69) is 9.80 Å². The summed E-state index contributed by atoms with van der Waals surface area (Å²) in [6.07, 6.45) is 11.3. The number of carbonyl (C=O) groups excluding carboxylic acids is 3. The van der Waals surface area contributed by atoms with Crippen LogP contribution in [0, 0.1) is 17.8 Å². The van der Waals surface area contributed by atoms with E-state index < -0.39 is 0 Å². The van der Waals surface area contributed by atoms with Gasteiger partial charge in [-0.15, -0.1) is 0 Å². The highest BCUT2D eigenvalue weighted by molar-refractivity contribution is 5.79. The van der Waals surface area contributed by atoms with Gasteiger partial charge in [0.1, 0.15) is 11.6 Å². The van der Waals surface area contributed by atoms with Crippen molar-refractivity contribution in [2.45, 2.75) is 96.1 Å². The molecule has 2 aliphatic heterocycles. The van der Waals surface area contributed by atoms with E-state index in [4.69, 9.17) is 4.74 Å². The van der Waals surface area contributed by atoms with Crippen LogP contribution in [0.25, 0.3) is 0 Å². The van der Waals surface area contributed by atoms with E-state index in [1.807, 2.05) is 6.92 Å². The minimum Gasteiger partial charge on any atom is -0.466 e. The molecular formula is C26H42N2O4. The van der Waals surface area contributed by atoms with Crippen molar-refractivity contribution < 1.29 is 19.1 Å². The molecule has 32 heavy (non-hydrogen) atoms. The number of likely N-dealkylation sites (tertiary alicyclic amines) is 2. The quantitative estimate of drug-likeness (QED) is 0.581. The van der Waals surface area contributed by atoms with Crippen molar-refractivity contribution in [1.82, 2.24) is 9.80 Å². The summed E-state index contributed by atoms with van der Waals surface area (Å²) in [6.45, 7) is 6.57. The first-order valence-corrected chi connectivity index (χ1v) is 13.2. The number of ether oxygens (including phenoxy) is 1. The third-order valence-corrected chi connectivity index (χ3v) is 8.78. The van der Waals surface area contributed by atoms with E-state index in [0.29, 0.717) is 42.1 Å². The van der Waals surface area contributed by atoms with Crippen LogP contribution in [0.3, 0.4) is 0 Å². The van der Waals surface area contributed by atoms with Crippen LogP contribution < -0.4 is 0 Å². The molecule has 0 aromatic heterocycles. The van der Waals surface area contributed by atoms with E-state index in [1.165, 1.54) is 0 Å². The fourth-order valence-corrected chi connectivity index (χ4v) is 6.88. The van der Waals surface area contributed by atoms with E-state index >= 15 is 0 Å². The summed E-state index contributed by atoms with van der Waals surface area (Å²) >= 11 is 0. The van der Waals surface area contributed by atoms with E-state index in [-0.39, 0.29) is 11.9 Å². The molecule has 0 N–H and O–H groups in total. The molecule has 2 heterocycles. The molecule has 0 unspecified atom stereocenters. The summed E-state index contributed by atoms with van der Waals surface area (Å²) in [7, 11) is 0. The molecule has 4 rings (SSSR count). The van der Waals surface area contributed by atoms with Gasteiger partial charge in [0.2, 0.25) is 0 Å². The molecule has 4 fully saturated rings. The van der Waals surface area contributed by atoms with Gasteiger partial charge >= 0.3 is 5.97 Å². The number of nitrogens with zero attached hydrogens (tertiary/aromatic N) is 2. The maximum absolute atomic E-state index is 13.1. The van der Waals surface area contributed by atoms with Crippen LogP contribution >= 0.6 is 0 Å². The minimum atomic E-state index is 0.0240. The normalized spacial score (nSPS) is 26.7. The maximum atomic E-state index is 13.1. The highest BCUT2D eigenvalue weighted by Gasteiger charge is 2.41. The largest absolute Gasteiger partial charge is 0.466 e. The van der Waals surface area contributed by atoms with Gasteiger partial charge in [0, 0.05) is 37.8 Å². The SMILES string of the molecule is CCOC(=O)C(C1CCN(C2CCC(=O)CC2)CC1)C1CCN(C2CCC(=O)CC2)CC1. The van der Waals surface area contributed by atoms with Gasteiger partial charge in [0.25, 0.3) is 0 Å². The molecule has 0 radical (unpaired) electrons. The number of esters is 1. The molecule has 4 aliphatic rings. The first-order chi connectivity index (χ1) is 15.5. The van der Waals surface area contributed by atoms with Crippen LogP contribution in [0.4, 0.5) is 0 Å². The second-order valence-electron chi connectivity index (χ2n) is 10.6. The van der Waals surface area contributed by atoms with Crippen molar-refractivity contribution in [3.63, 3.8) is 0 Å². The molecule has 6 nitrogen and oxygen atoms in total. The summed E-state index contributed by atoms with van der Waals surface area (Å²) in [5.41, 5.74) is 0. The third-order valence-electron chi connectivity index (χ3n) is 8.78. The Kier molecular flexibility index (Phi) is 8.38. The van der Waals surface area contributed by atoms with Gasteiger partial charge in [-0.3, -0.25) is 14.4 Å². The predicted octanol–water partition coefficient (Wildman–Crippen LogP) is 3.61. The van der Waals surface area contributed by atoms with Crippen LogP contribution in [-0.4, -0.2) is 72.2 Å². The average molecular weight is 447 g/mol. The summed E-state index contributed by atoms with van der Waals surface area (Å²) in [5.74, 6) is 1.73. The van der Waals surface area contributed by atoms with Gasteiger partial charge in [-0.05, 0) is 96.3 Å². The van der Waals surface area contributed by atoms with Crippen molar-refractivity contribution in [3.05, 3.63) is 0 Å². The molecule has 2 saturated heterocycles. The molecule has 0 bridgehead atoms. The van der Waals surface area contributed by atoms with Gasteiger partial charge in [0.15, 0.2) is 0 Å². The van der Waals surface area contributed by atoms with Crippen LogP contribution in [-0.2, 0) is 19.1 Å². The Bertz CT molecular complexity index is 597. The molecule has 0 spiro atoms. The Balaban J connectivity index is 1.31. The average Bonchev–Trinajstić information content (AvgIpc) is 2.82. The molecule has 180 valence electrons. The van der Waals surface area contributed by atoms with Crippen molar-refractivity contribution in [2.24, 2.45) is 17.8 Å². The van der Waals surface area contributed by atoms with Gasteiger partial charge in [-0.25, -0.2) is 0 Å². The van der Waals surface area contributed by atoms with Crippen LogP contribution in [0.1, 0.15) is 84.0 Å². The number of hydrogen-bond donors (Lipinski definition) is 0. The lowest BCUT2D eigenvalue weighted by Gasteiger charge is -2.44. The zero-order valence-electron chi connectivity index (χ0n) is 19.9. The number of hydrogen-bond acceptors (Lipinski definition) is 6. The lowest BCUT2D eigenvalue weighted by Crippen LogP contribution is -2.49. The Morgan fingerprint density at radius 2 is 1.12 bits per heavy atom. The molecule has 2 aliphatic carbocycles. The first kappa shape index (κ1) is 23.9. The van der Waals surface area contributed by atoms with Crippen LogP contribution in [0.2, 0.25) is 0 Å². The molecule has 6 heteroatoms. The lowest BCUT2D eigenvalue weighted by atomic mass is 9.72.